The molecule has 4 N–H and O–H groups in total. The zero-order chi connectivity index (χ0) is 28.4. The quantitative estimate of drug-likeness (QED) is 0.482. The van der Waals surface area contributed by atoms with E-state index in [1.807, 2.05) is 5.32 Å². The van der Waals surface area contributed by atoms with Crippen molar-refractivity contribution in [1.29, 1.82) is 0 Å². The Labute approximate surface area is 230 Å². The van der Waals surface area contributed by atoms with Crippen molar-refractivity contribution in [3.8, 4) is 11.6 Å². The highest BCUT2D eigenvalue weighted by molar-refractivity contribution is 5.95. The normalized spacial score (nSPS) is 23.8. The molecule has 0 bridgehead atoms. The maximum absolute atomic E-state index is 13.2. The number of carbonyl (C=O) groups excluding carboxylic acids is 3. The van der Waals surface area contributed by atoms with E-state index in [1.165, 1.54) is 36.1 Å². The molecule has 3 atom stereocenters. The molecule has 0 aliphatic heterocycles. The average molecular weight is 537 g/mol. The number of amides is 3. The number of hydrogen-bond acceptors (Lipinski definition) is 7. The molecule has 1 heterocycles. The van der Waals surface area contributed by atoms with E-state index in [0.717, 1.165) is 32.1 Å². The minimum atomic E-state index is -1.03. The monoisotopic (exact) mass is 536 g/mol. The fourth-order valence-corrected chi connectivity index (χ4v) is 6.66. The molecule has 0 saturated heterocycles. The first-order chi connectivity index (χ1) is 18.5. The Kier molecular flexibility index (Phi) is 8.30. The first-order valence-corrected chi connectivity index (χ1v) is 13.7. The zero-order valence-electron chi connectivity index (χ0n) is 23.6. The number of hydrogen-bond donors (Lipinski definition) is 3. The van der Waals surface area contributed by atoms with Crippen LogP contribution in [0.1, 0.15) is 86.3 Å². The van der Waals surface area contributed by atoms with Crippen LogP contribution in [-0.2, 0) is 16.6 Å². The van der Waals surface area contributed by atoms with Crippen LogP contribution in [0.15, 0.2) is 30.5 Å². The highest BCUT2D eigenvalue weighted by Crippen LogP contribution is 2.57. The molecule has 0 spiro atoms. The van der Waals surface area contributed by atoms with Crippen molar-refractivity contribution in [3.63, 3.8) is 0 Å². The van der Waals surface area contributed by atoms with Crippen molar-refractivity contribution < 1.29 is 23.9 Å². The van der Waals surface area contributed by atoms with Gasteiger partial charge in [0, 0.05) is 18.8 Å². The number of nitrogens with two attached hydrogens (primary N) is 1. The largest absolute Gasteiger partial charge is 0.491 e. The summed E-state index contributed by atoms with van der Waals surface area (Å²) in [5, 5.41) is 5.11. The third kappa shape index (κ3) is 5.78. The molecule has 2 aromatic rings. The van der Waals surface area contributed by atoms with Crippen LogP contribution in [0.3, 0.4) is 0 Å². The maximum atomic E-state index is 13.2. The summed E-state index contributed by atoms with van der Waals surface area (Å²) in [5.74, 6) is -0.0639. The predicted octanol–water partition coefficient (Wildman–Crippen LogP) is 4.23. The van der Waals surface area contributed by atoms with Crippen molar-refractivity contribution in [1.82, 2.24) is 15.6 Å². The Hall–Kier alpha value is -3.46. The summed E-state index contributed by atoms with van der Waals surface area (Å²) in [4.78, 5) is 40.4. The fraction of sp³-hybridized carbons (Fsp3) is 0.533. The number of benzene rings is 1. The molecular weight excluding hydrogens is 496 g/mol. The van der Waals surface area contributed by atoms with Crippen LogP contribution in [0, 0.1) is 11.3 Å². The smallest absolute Gasteiger partial charge is 0.420 e. The molecule has 3 amide bonds. The van der Waals surface area contributed by atoms with Gasteiger partial charge in [-0.05, 0) is 65.0 Å². The lowest BCUT2D eigenvalue weighted by molar-refractivity contribution is -0.118. The van der Waals surface area contributed by atoms with Gasteiger partial charge in [-0.3, -0.25) is 14.9 Å². The van der Waals surface area contributed by atoms with E-state index in [1.54, 1.807) is 0 Å². The zero-order valence-corrected chi connectivity index (χ0v) is 23.6. The molecule has 0 radical (unpaired) electrons. The van der Waals surface area contributed by atoms with Gasteiger partial charge in [0.2, 0.25) is 5.91 Å². The van der Waals surface area contributed by atoms with Crippen molar-refractivity contribution in [2.75, 3.05) is 20.2 Å². The van der Waals surface area contributed by atoms with Crippen LogP contribution in [0.5, 0.6) is 11.6 Å². The topological polar surface area (TPSA) is 133 Å². The van der Waals surface area contributed by atoms with Gasteiger partial charge in [-0.1, -0.05) is 52.3 Å². The second kappa shape index (κ2) is 11.3. The number of fused-ring (bicyclic) bond motifs is 3. The number of aromatic nitrogens is 1. The van der Waals surface area contributed by atoms with Crippen LogP contribution in [0.4, 0.5) is 4.79 Å². The standard InChI is InChI=1S/C30H40N4O5/c1-18(2)19-7-9-22-20(13-19)8-10-24-29(3,11-6-12-30(22,24)4)17-33-26(36)21-14-23(38-5)27(32-16-21)39-28(37)34-25(35)15-31/h7,9,13-14,16,18,24H,6,8,10-12,15,17,31H2,1-5H3,(H,33,36)(H,34,35,37)/t24-,29+,30+/m0/s1. The molecule has 9 nitrogen and oxygen atoms in total. The van der Waals surface area contributed by atoms with Gasteiger partial charge < -0.3 is 20.5 Å². The van der Waals surface area contributed by atoms with Gasteiger partial charge in [-0.2, -0.15) is 0 Å². The molecule has 1 saturated carbocycles. The van der Waals surface area contributed by atoms with Crippen molar-refractivity contribution in [2.24, 2.45) is 17.1 Å². The third-order valence-electron chi connectivity index (χ3n) is 8.74. The highest BCUT2D eigenvalue weighted by atomic mass is 16.6. The number of rotatable bonds is 7. The lowest BCUT2D eigenvalue weighted by Crippen LogP contribution is -2.53. The number of nitrogens with one attached hydrogen (secondary N) is 2. The third-order valence-corrected chi connectivity index (χ3v) is 8.74. The summed E-state index contributed by atoms with van der Waals surface area (Å²) in [7, 11) is 1.38. The number of pyridine rings is 1. The number of ether oxygens (including phenoxy) is 2. The molecule has 1 aromatic carbocycles. The van der Waals surface area contributed by atoms with E-state index in [9.17, 15) is 14.4 Å². The summed E-state index contributed by atoms with van der Waals surface area (Å²) in [6.07, 6.45) is 5.78. The van der Waals surface area contributed by atoms with Crippen molar-refractivity contribution >= 4 is 17.9 Å². The van der Waals surface area contributed by atoms with E-state index < -0.39 is 12.0 Å². The molecule has 210 valence electrons. The van der Waals surface area contributed by atoms with Gasteiger partial charge >= 0.3 is 6.09 Å². The number of methoxy groups -OCH3 is 1. The Bertz CT molecular complexity index is 1260. The Morgan fingerprint density at radius 1 is 1.18 bits per heavy atom. The average Bonchev–Trinajstić information content (AvgIpc) is 2.91. The molecule has 2 aliphatic rings. The first kappa shape index (κ1) is 28.5. The molecule has 1 fully saturated rings. The highest BCUT2D eigenvalue weighted by Gasteiger charge is 2.51. The van der Waals surface area contributed by atoms with Crippen LogP contribution in [0.25, 0.3) is 0 Å². The summed E-state index contributed by atoms with van der Waals surface area (Å²) < 4.78 is 10.3. The van der Waals surface area contributed by atoms with E-state index in [0.29, 0.717) is 18.4 Å². The van der Waals surface area contributed by atoms with Crippen molar-refractivity contribution in [3.05, 3.63) is 52.7 Å². The van der Waals surface area contributed by atoms with E-state index in [-0.39, 0.29) is 40.5 Å². The second-order valence-corrected chi connectivity index (χ2v) is 11.6. The van der Waals surface area contributed by atoms with Crippen molar-refractivity contribution in [2.45, 2.75) is 71.1 Å². The molecule has 0 unspecified atom stereocenters. The predicted molar refractivity (Wildman–Crippen MR) is 148 cm³/mol. The first-order valence-electron chi connectivity index (χ1n) is 13.7. The van der Waals surface area contributed by atoms with Gasteiger partial charge in [0.05, 0.1) is 19.2 Å². The number of nitrogens with zero attached hydrogens (tertiary/aromatic N) is 1. The molecular formula is C30H40N4O5. The Morgan fingerprint density at radius 2 is 1.95 bits per heavy atom. The summed E-state index contributed by atoms with van der Waals surface area (Å²) in [5.41, 5.74) is 9.86. The minimum Gasteiger partial charge on any atom is -0.491 e. The second-order valence-electron chi connectivity index (χ2n) is 11.6. The Balaban J connectivity index is 1.47. The van der Waals surface area contributed by atoms with Gasteiger partial charge in [-0.15, -0.1) is 0 Å². The minimum absolute atomic E-state index is 0.0503. The van der Waals surface area contributed by atoms with Crippen LogP contribution < -0.4 is 25.8 Å². The molecule has 1 aromatic heterocycles. The van der Waals surface area contributed by atoms with Gasteiger partial charge in [0.1, 0.15) is 0 Å². The number of aryl methyl sites for hydroxylation is 1. The summed E-state index contributed by atoms with van der Waals surface area (Å²) >= 11 is 0. The molecule has 9 heteroatoms. The van der Waals surface area contributed by atoms with Gasteiger partial charge in [-0.25, -0.2) is 9.78 Å². The Morgan fingerprint density at radius 3 is 2.64 bits per heavy atom. The maximum Gasteiger partial charge on any atom is 0.420 e. The van der Waals surface area contributed by atoms with E-state index >= 15 is 0 Å². The lowest BCUT2D eigenvalue weighted by atomic mass is 9.49. The van der Waals surface area contributed by atoms with E-state index in [2.05, 4.69) is 56.2 Å². The summed E-state index contributed by atoms with van der Waals surface area (Å²) in [6.45, 7) is 9.39. The van der Waals surface area contributed by atoms with Gasteiger partial charge in [0.15, 0.2) is 5.75 Å². The number of imide groups is 1. The summed E-state index contributed by atoms with van der Waals surface area (Å²) in [6, 6.07) is 8.52. The fourth-order valence-electron chi connectivity index (χ4n) is 6.66. The van der Waals surface area contributed by atoms with Crippen LogP contribution in [0.2, 0.25) is 0 Å². The number of carbonyl (C=O) groups is 3. The van der Waals surface area contributed by atoms with Crippen LogP contribution >= 0.6 is 0 Å². The van der Waals surface area contributed by atoms with Crippen LogP contribution in [-0.4, -0.2) is 43.1 Å². The molecule has 39 heavy (non-hydrogen) atoms. The van der Waals surface area contributed by atoms with Gasteiger partial charge in [0.25, 0.3) is 11.8 Å². The molecule has 4 rings (SSSR count). The van der Waals surface area contributed by atoms with E-state index in [4.69, 9.17) is 15.2 Å². The lowest BCUT2D eigenvalue weighted by Gasteiger charge is -2.55. The SMILES string of the molecule is COc1cc(C(=O)NC[C@@]2(C)CCC[C@]3(C)c4ccc(C(C)C)cc4CC[C@@H]23)cnc1OC(=O)NC(=O)CN. The molecule has 2 aliphatic carbocycles.